The van der Waals surface area contributed by atoms with Crippen LogP contribution in [0.25, 0.3) is 0 Å². The lowest BCUT2D eigenvalue weighted by Gasteiger charge is -2.31. The van der Waals surface area contributed by atoms with Crippen LogP contribution in [0.4, 0.5) is 5.69 Å². The molecule has 0 radical (unpaired) electrons. The predicted octanol–water partition coefficient (Wildman–Crippen LogP) is 3.75. The van der Waals surface area contributed by atoms with Crippen LogP contribution in [-0.4, -0.2) is 36.3 Å². The predicted molar refractivity (Wildman–Crippen MR) is 117 cm³/mol. The highest BCUT2D eigenvalue weighted by Crippen LogP contribution is 2.24. The van der Waals surface area contributed by atoms with Crippen LogP contribution in [0, 0.1) is 0 Å². The van der Waals surface area contributed by atoms with Crippen LogP contribution in [0.1, 0.15) is 43.2 Å². The van der Waals surface area contributed by atoms with Gasteiger partial charge in [-0.15, -0.1) is 0 Å². The number of nitrogens with one attached hydrogen (secondary N) is 2. The number of para-hydroxylation sites is 1. The Bertz CT molecular complexity index is 801. The van der Waals surface area contributed by atoms with Gasteiger partial charge in [0.25, 0.3) is 0 Å². The molecule has 1 aliphatic rings. The third kappa shape index (κ3) is 6.71. The fraction of sp³-hybridized carbons (Fsp3) is 0.417. The Labute approximate surface area is 173 Å². The van der Waals surface area contributed by atoms with Gasteiger partial charge in [-0.25, -0.2) is 0 Å². The van der Waals surface area contributed by atoms with Crippen LogP contribution in [0.5, 0.6) is 0 Å². The lowest BCUT2D eigenvalue weighted by Crippen LogP contribution is -2.35. The van der Waals surface area contributed by atoms with Crippen molar-refractivity contribution >= 4 is 17.5 Å². The number of rotatable bonds is 8. The summed E-state index contributed by atoms with van der Waals surface area (Å²) in [6, 6.07) is 18.0. The third-order valence-corrected chi connectivity index (χ3v) is 5.56. The van der Waals surface area contributed by atoms with Crippen molar-refractivity contribution in [2.24, 2.45) is 0 Å². The zero-order valence-electron chi connectivity index (χ0n) is 17.2. The van der Waals surface area contributed by atoms with Crippen molar-refractivity contribution in [2.45, 2.75) is 51.1 Å². The lowest BCUT2D eigenvalue weighted by atomic mass is 9.94. The molecule has 0 heterocycles. The fourth-order valence-corrected chi connectivity index (χ4v) is 3.92. The molecule has 0 atom stereocenters. The largest absolute Gasteiger partial charge is 0.347 e. The van der Waals surface area contributed by atoms with Gasteiger partial charge in [0, 0.05) is 18.3 Å². The average molecular weight is 394 g/mol. The quantitative estimate of drug-likeness (QED) is 0.718. The number of nitrogens with zero attached hydrogens (tertiary/aromatic N) is 1. The van der Waals surface area contributed by atoms with Crippen molar-refractivity contribution in [1.82, 2.24) is 10.2 Å². The first-order chi connectivity index (χ1) is 14.1. The first kappa shape index (κ1) is 21.1. The van der Waals surface area contributed by atoms with Gasteiger partial charge in [0.15, 0.2) is 0 Å². The number of hydrogen-bond donors (Lipinski definition) is 2. The number of anilines is 1. The molecule has 1 aliphatic carbocycles. The van der Waals surface area contributed by atoms with Gasteiger partial charge in [0.1, 0.15) is 0 Å². The summed E-state index contributed by atoms with van der Waals surface area (Å²) >= 11 is 0. The highest BCUT2D eigenvalue weighted by atomic mass is 16.2. The van der Waals surface area contributed by atoms with Gasteiger partial charge in [0.2, 0.25) is 11.8 Å². The zero-order chi connectivity index (χ0) is 20.5. The first-order valence-corrected chi connectivity index (χ1v) is 10.5. The molecule has 5 nitrogen and oxygen atoms in total. The molecule has 0 aliphatic heterocycles. The third-order valence-electron chi connectivity index (χ3n) is 5.56. The fourth-order valence-electron chi connectivity index (χ4n) is 3.92. The van der Waals surface area contributed by atoms with Crippen LogP contribution in [0.2, 0.25) is 0 Å². The number of amides is 2. The van der Waals surface area contributed by atoms with E-state index in [4.69, 9.17) is 0 Å². The Hall–Kier alpha value is -2.66. The van der Waals surface area contributed by atoms with Gasteiger partial charge in [-0.2, -0.15) is 0 Å². The molecule has 0 spiro atoms. The second-order valence-electron chi connectivity index (χ2n) is 7.85. The minimum Gasteiger partial charge on any atom is -0.347 e. The number of hydrogen-bond acceptors (Lipinski definition) is 3. The minimum absolute atomic E-state index is 0.0293. The summed E-state index contributed by atoms with van der Waals surface area (Å²) in [5.41, 5.74) is 2.85. The molecular formula is C24H31N3O2. The maximum Gasteiger partial charge on any atom is 0.243 e. The van der Waals surface area contributed by atoms with Gasteiger partial charge in [-0.1, -0.05) is 67.8 Å². The molecule has 5 heteroatoms. The van der Waals surface area contributed by atoms with Crippen LogP contribution in [-0.2, 0) is 22.6 Å². The van der Waals surface area contributed by atoms with Crippen molar-refractivity contribution in [3.63, 3.8) is 0 Å². The molecule has 2 amide bonds. The molecule has 2 aromatic carbocycles. The standard InChI is InChI=1S/C24H31N3O2/c1-27(21-13-6-3-7-14-21)18-20-12-8-9-15-22(20)26-24(29)17-25-23(28)16-19-10-4-2-5-11-19/h2,4-5,8-12,15,21H,3,6-7,13-14,16-18H2,1H3,(H,25,28)(H,26,29). The summed E-state index contributed by atoms with van der Waals surface area (Å²) in [5, 5.41) is 5.66. The molecule has 0 unspecified atom stereocenters. The summed E-state index contributed by atoms with van der Waals surface area (Å²) in [6.45, 7) is 0.778. The molecule has 29 heavy (non-hydrogen) atoms. The van der Waals surface area contributed by atoms with Gasteiger partial charge in [-0.05, 0) is 37.1 Å². The summed E-state index contributed by atoms with van der Waals surface area (Å²) in [7, 11) is 2.17. The number of carbonyl (C=O) groups excluding carboxylic acids is 2. The highest BCUT2D eigenvalue weighted by Gasteiger charge is 2.19. The summed E-state index contributed by atoms with van der Waals surface area (Å²) in [4.78, 5) is 26.8. The van der Waals surface area contributed by atoms with Gasteiger partial charge >= 0.3 is 0 Å². The first-order valence-electron chi connectivity index (χ1n) is 10.5. The van der Waals surface area contributed by atoms with E-state index in [1.807, 2.05) is 48.5 Å². The topological polar surface area (TPSA) is 61.4 Å². The van der Waals surface area contributed by atoms with E-state index in [2.05, 4.69) is 28.6 Å². The summed E-state index contributed by atoms with van der Waals surface area (Å²) in [6.07, 6.45) is 6.72. The van der Waals surface area contributed by atoms with E-state index in [-0.39, 0.29) is 24.8 Å². The molecule has 2 aromatic rings. The van der Waals surface area contributed by atoms with Crippen molar-refractivity contribution < 1.29 is 9.59 Å². The highest BCUT2D eigenvalue weighted by molar-refractivity contribution is 5.95. The van der Waals surface area contributed by atoms with E-state index in [9.17, 15) is 9.59 Å². The van der Waals surface area contributed by atoms with E-state index in [1.165, 1.54) is 32.1 Å². The van der Waals surface area contributed by atoms with E-state index >= 15 is 0 Å². The lowest BCUT2D eigenvalue weighted by molar-refractivity contribution is -0.123. The molecule has 1 saturated carbocycles. The van der Waals surface area contributed by atoms with E-state index in [0.717, 1.165) is 23.4 Å². The Morgan fingerprint density at radius 3 is 2.38 bits per heavy atom. The van der Waals surface area contributed by atoms with Crippen LogP contribution in [0.15, 0.2) is 54.6 Å². The second kappa shape index (κ2) is 10.8. The van der Waals surface area contributed by atoms with E-state index < -0.39 is 0 Å². The van der Waals surface area contributed by atoms with Gasteiger partial charge in [-0.3, -0.25) is 14.5 Å². The smallest absolute Gasteiger partial charge is 0.243 e. The average Bonchev–Trinajstić information content (AvgIpc) is 2.75. The minimum atomic E-state index is -0.209. The Kier molecular flexibility index (Phi) is 7.82. The Morgan fingerprint density at radius 2 is 1.62 bits per heavy atom. The van der Waals surface area contributed by atoms with Crippen molar-refractivity contribution in [1.29, 1.82) is 0 Å². The van der Waals surface area contributed by atoms with E-state index in [1.54, 1.807) is 0 Å². The van der Waals surface area contributed by atoms with Crippen LogP contribution < -0.4 is 10.6 Å². The zero-order valence-corrected chi connectivity index (χ0v) is 17.2. The molecule has 2 N–H and O–H groups in total. The molecule has 0 bridgehead atoms. The maximum atomic E-state index is 12.4. The second-order valence-corrected chi connectivity index (χ2v) is 7.85. The normalized spacial score (nSPS) is 14.6. The van der Waals surface area contributed by atoms with E-state index in [0.29, 0.717) is 6.04 Å². The molecule has 0 saturated heterocycles. The molecular weight excluding hydrogens is 362 g/mol. The Morgan fingerprint density at radius 1 is 0.931 bits per heavy atom. The summed E-state index contributed by atoms with van der Waals surface area (Å²) in [5.74, 6) is -0.365. The number of carbonyl (C=O) groups is 2. The Balaban J connectivity index is 1.50. The summed E-state index contributed by atoms with van der Waals surface area (Å²) < 4.78 is 0. The van der Waals surface area contributed by atoms with Crippen molar-refractivity contribution in [2.75, 3.05) is 18.9 Å². The van der Waals surface area contributed by atoms with Crippen molar-refractivity contribution in [3.8, 4) is 0 Å². The van der Waals surface area contributed by atoms with Crippen molar-refractivity contribution in [3.05, 3.63) is 65.7 Å². The molecule has 3 rings (SSSR count). The molecule has 154 valence electrons. The molecule has 1 fully saturated rings. The van der Waals surface area contributed by atoms with Gasteiger partial charge < -0.3 is 10.6 Å². The monoisotopic (exact) mass is 393 g/mol. The number of benzene rings is 2. The SMILES string of the molecule is CN(Cc1ccccc1NC(=O)CNC(=O)Cc1ccccc1)C1CCCCC1. The van der Waals surface area contributed by atoms with Gasteiger partial charge in [0.05, 0.1) is 13.0 Å². The maximum absolute atomic E-state index is 12.4. The van der Waals surface area contributed by atoms with Crippen LogP contribution in [0.3, 0.4) is 0 Å². The molecule has 0 aromatic heterocycles. The van der Waals surface area contributed by atoms with Crippen LogP contribution >= 0.6 is 0 Å².